The molecule has 0 aromatic rings. The molecule has 13 atom stereocenters. The van der Waals surface area contributed by atoms with Crippen LogP contribution in [0.2, 0.25) is 0 Å². The van der Waals surface area contributed by atoms with E-state index in [0.717, 1.165) is 25.9 Å². The van der Waals surface area contributed by atoms with Crippen LogP contribution in [0.25, 0.3) is 0 Å². The van der Waals surface area contributed by atoms with Crippen molar-refractivity contribution in [2.75, 3.05) is 34.1 Å². The Labute approximate surface area is 223 Å². The van der Waals surface area contributed by atoms with Gasteiger partial charge in [-0.15, -0.1) is 0 Å². The Balaban J connectivity index is 1.59. The van der Waals surface area contributed by atoms with Crippen LogP contribution >= 0.6 is 0 Å². The van der Waals surface area contributed by atoms with Gasteiger partial charge in [0.2, 0.25) is 0 Å². The van der Waals surface area contributed by atoms with Gasteiger partial charge in [0, 0.05) is 58.8 Å². The lowest BCUT2D eigenvalue weighted by Crippen LogP contribution is -2.85. The van der Waals surface area contributed by atoms with Gasteiger partial charge >= 0.3 is 11.9 Å². The molecule has 7 rings (SSSR count). The molecule has 7 aliphatic rings. The molecule has 10 heteroatoms. The summed E-state index contributed by atoms with van der Waals surface area (Å²) in [5.41, 5.74) is -4.51. The van der Waals surface area contributed by atoms with Gasteiger partial charge in [-0.25, -0.2) is 0 Å². The van der Waals surface area contributed by atoms with Gasteiger partial charge in [-0.2, -0.15) is 0 Å². The first-order chi connectivity index (χ1) is 18.0. The van der Waals surface area contributed by atoms with Gasteiger partial charge in [0.15, 0.2) is 5.60 Å². The van der Waals surface area contributed by atoms with Crippen LogP contribution in [0.5, 0.6) is 0 Å². The molecular weight excluding hydrogens is 494 g/mol. The molecule has 1 N–H and O–H groups in total. The van der Waals surface area contributed by atoms with E-state index in [4.69, 9.17) is 28.4 Å². The van der Waals surface area contributed by atoms with E-state index >= 15 is 0 Å². The lowest BCUT2D eigenvalue weighted by atomic mass is 9.41. The van der Waals surface area contributed by atoms with E-state index in [1.807, 2.05) is 0 Å². The quantitative estimate of drug-likeness (QED) is 0.517. The highest BCUT2D eigenvalue weighted by molar-refractivity contribution is 5.67. The van der Waals surface area contributed by atoms with Crippen LogP contribution in [0.4, 0.5) is 0 Å². The molecule has 5 aliphatic carbocycles. The summed E-state index contributed by atoms with van der Waals surface area (Å²) < 4.78 is 38.4. The first kappa shape index (κ1) is 25.7. The third-order valence-corrected chi connectivity index (χ3v) is 12.2. The number of rotatable bonds is 5. The van der Waals surface area contributed by atoms with Crippen molar-refractivity contribution in [2.24, 2.45) is 28.6 Å². The second kappa shape index (κ2) is 7.70. The number of ether oxygens (including phenoxy) is 6. The van der Waals surface area contributed by atoms with E-state index in [2.05, 4.69) is 18.7 Å². The summed E-state index contributed by atoms with van der Waals surface area (Å²) in [6, 6.07) is -0.316. The molecule has 2 aliphatic heterocycles. The fraction of sp³-hybridized carbons (Fsp3) is 0.929. The molecule has 2 heterocycles. The summed E-state index contributed by atoms with van der Waals surface area (Å²) in [7, 11) is 3.39. The van der Waals surface area contributed by atoms with Crippen molar-refractivity contribution in [2.45, 2.75) is 101 Å². The fourth-order valence-electron chi connectivity index (χ4n) is 11.8. The Kier molecular flexibility index (Phi) is 5.20. The van der Waals surface area contributed by atoms with Gasteiger partial charge in [0.1, 0.15) is 24.6 Å². The van der Waals surface area contributed by atoms with E-state index in [9.17, 15) is 14.7 Å². The molecule has 212 valence electrons. The number of piperidine rings is 1. The predicted octanol–water partition coefficient (Wildman–Crippen LogP) is 1.27. The number of carbonyl (C=O) groups excluding carboxylic acids is 2. The topological polar surface area (TPSA) is 113 Å². The number of hydrogen-bond acceptors (Lipinski definition) is 10. The van der Waals surface area contributed by atoms with Gasteiger partial charge in [0.25, 0.3) is 0 Å². The van der Waals surface area contributed by atoms with Crippen LogP contribution in [0.15, 0.2) is 0 Å². The van der Waals surface area contributed by atoms with Crippen molar-refractivity contribution in [3.63, 3.8) is 0 Å². The number of carbonyl (C=O) groups is 2. The summed E-state index contributed by atoms with van der Waals surface area (Å²) in [4.78, 5) is 27.6. The Hall–Kier alpha value is -1.30. The summed E-state index contributed by atoms with van der Waals surface area (Å²) in [5, 5.41) is 13.5. The molecule has 0 unspecified atom stereocenters. The smallest absolute Gasteiger partial charge is 0.303 e. The van der Waals surface area contributed by atoms with Crippen molar-refractivity contribution >= 4 is 11.9 Å². The highest BCUT2D eigenvalue weighted by Crippen LogP contribution is 2.83. The molecule has 0 radical (unpaired) electrons. The number of esters is 2. The molecule has 5 saturated carbocycles. The zero-order valence-electron chi connectivity index (χ0n) is 23.2. The third-order valence-electron chi connectivity index (χ3n) is 12.2. The first-order valence-electron chi connectivity index (χ1n) is 14.2. The van der Waals surface area contributed by atoms with Gasteiger partial charge in [-0.05, 0) is 31.2 Å². The van der Waals surface area contributed by atoms with Crippen molar-refractivity contribution in [1.29, 1.82) is 0 Å². The zero-order valence-corrected chi connectivity index (χ0v) is 23.2. The lowest BCUT2D eigenvalue weighted by molar-refractivity contribution is -0.332. The Morgan fingerprint density at radius 1 is 1.05 bits per heavy atom. The molecule has 0 amide bonds. The maximum Gasteiger partial charge on any atom is 0.303 e. The van der Waals surface area contributed by atoms with Gasteiger partial charge in [0.05, 0.1) is 29.3 Å². The van der Waals surface area contributed by atoms with E-state index < -0.39 is 46.4 Å². The van der Waals surface area contributed by atoms with Gasteiger partial charge in [-0.1, -0.05) is 13.8 Å². The number of hydrogen-bond donors (Lipinski definition) is 1. The molecule has 7 fully saturated rings. The first-order valence-corrected chi connectivity index (χ1v) is 14.2. The standard InChI is InChI=1S/C28H41NO9/c1-7-29-12-24(4)9-8-18(33-5)27-21(24)22(38-15(3)31)28(23(27)29)26(35-13-36-28)11-17(37-14(2)30)16-10-25(27,32)20(26)19(16)34-6/h16-23,32H,7-13H2,1-6H3/t16-,17+,18+,19+,20+,21-,22+,23+,24+,25+,26-,27-,28-/m1/s1. The van der Waals surface area contributed by atoms with E-state index in [1.165, 1.54) is 13.8 Å². The van der Waals surface area contributed by atoms with Crippen LogP contribution in [0.1, 0.15) is 53.4 Å². The highest BCUT2D eigenvalue weighted by Gasteiger charge is 2.97. The van der Waals surface area contributed by atoms with Crippen LogP contribution in [-0.2, 0) is 38.0 Å². The van der Waals surface area contributed by atoms with E-state index in [-0.39, 0.29) is 48.1 Å². The average molecular weight is 536 g/mol. The van der Waals surface area contributed by atoms with Crippen LogP contribution in [-0.4, -0.2) is 103 Å². The average Bonchev–Trinajstić information content (AvgIpc) is 3.41. The second-order valence-corrected chi connectivity index (χ2v) is 13.2. The van der Waals surface area contributed by atoms with Gasteiger partial charge in [-0.3, -0.25) is 14.5 Å². The summed E-state index contributed by atoms with van der Waals surface area (Å²) in [5.74, 6) is -1.63. The van der Waals surface area contributed by atoms with Crippen molar-refractivity contribution in [3.05, 3.63) is 0 Å². The molecular formula is C28H41NO9. The monoisotopic (exact) mass is 535 g/mol. The molecule has 7 bridgehead atoms. The Bertz CT molecular complexity index is 1070. The van der Waals surface area contributed by atoms with Crippen LogP contribution in [0, 0.1) is 28.6 Å². The zero-order chi connectivity index (χ0) is 27.0. The van der Waals surface area contributed by atoms with Crippen molar-refractivity contribution in [1.82, 2.24) is 4.90 Å². The van der Waals surface area contributed by atoms with Crippen molar-refractivity contribution < 1.29 is 43.1 Å². The normalized spacial score (nSPS) is 57.4. The second-order valence-electron chi connectivity index (χ2n) is 13.2. The summed E-state index contributed by atoms with van der Waals surface area (Å²) in [6.07, 6.45) is 0.531. The number of methoxy groups -OCH3 is 2. The number of nitrogens with zero attached hydrogens (tertiary/aromatic N) is 1. The third kappa shape index (κ3) is 2.42. The number of likely N-dealkylation sites (tertiary alicyclic amines) is 1. The summed E-state index contributed by atoms with van der Waals surface area (Å²) >= 11 is 0. The molecule has 10 nitrogen and oxygen atoms in total. The molecule has 2 saturated heterocycles. The maximum absolute atomic E-state index is 13.5. The lowest BCUT2D eigenvalue weighted by Gasteiger charge is -2.71. The fourth-order valence-corrected chi connectivity index (χ4v) is 11.8. The minimum Gasteiger partial charge on any atom is -0.462 e. The molecule has 0 aromatic carbocycles. The molecule has 3 spiro atoms. The predicted molar refractivity (Wildman–Crippen MR) is 131 cm³/mol. The minimum atomic E-state index is -1.29. The highest BCUT2D eigenvalue weighted by atomic mass is 16.7. The van der Waals surface area contributed by atoms with Crippen molar-refractivity contribution in [3.8, 4) is 0 Å². The minimum absolute atomic E-state index is 0.00343. The van der Waals surface area contributed by atoms with Crippen LogP contribution in [0.3, 0.4) is 0 Å². The Morgan fingerprint density at radius 3 is 2.42 bits per heavy atom. The number of likely N-dealkylation sites (N-methyl/N-ethyl adjacent to an activating group) is 1. The maximum atomic E-state index is 13.5. The number of aliphatic hydroxyl groups is 1. The largest absolute Gasteiger partial charge is 0.462 e. The van der Waals surface area contributed by atoms with Gasteiger partial charge < -0.3 is 33.5 Å². The molecule has 38 heavy (non-hydrogen) atoms. The van der Waals surface area contributed by atoms with E-state index in [1.54, 1.807) is 14.2 Å². The number of fused-ring (bicyclic) bond motifs is 1. The van der Waals surface area contributed by atoms with Crippen LogP contribution < -0.4 is 0 Å². The Morgan fingerprint density at radius 2 is 1.79 bits per heavy atom. The summed E-state index contributed by atoms with van der Waals surface area (Å²) in [6.45, 7) is 8.82. The SMILES string of the molecule is CCN1C[C@]2(C)CC[C@H](OC)[C@]34[C@@H]2[C@H](OC(C)=O)[C@@]2(OCO[C@@]25C[C@H](OC(C)=O)[C@H]2C[C@]3(O)[C@@H]5[C@H]2OC)[C@@H]14. The molecule has 0 aromatic heterocycles. The van der Waals surface area contributed by atoms with E-state index in [0.29, 0.717) is 12.8 Å².